The standard InChI is InChI=1S/C23H25FN4O3/c24-19-6-8-21(9-7-19)31-15-2-1-11-26-23(30)18-4-3-5-20(16-18)27-22(29)10-13-28-14-12-25-17-28/h3-9,12,14,16-17H,1-2,10-11,13,15H2,(H,26,30)(H,27,29). The second-order valence-electron chi connectivity index (χ2n) is 6.94. The number of carbonyl (C=O) groups excluding carboxylic acids is 2. The van der Waals surface area contributed by atoms with Crippen molar-refractivity contribution in [1.82, 2.24) is 14.9 Å². The summed E-state index contributed by atoms with van der Waals surface area (Å²) in [5, 5.41) is 5.67. The molecule has 0 aliphatic rings. The highest BCUT2D eigenvalue weighted by Gasteiger charge is 2.08. The molecule has 0 spiro atoms. The Kier molecular flexibility index (Phi) is 8.16. The number of amides is 2. The van der Waals surface area contributed by atoms with Crippen LogP contribution in [0.4, 0.5) is 10.1 Å². The van der Waals surface area contributed by atoms with E-state index < -0.39 is 0 Å². The van der Waals surface area contributed by atoms with E-state index in [0.29, 0.717) is 43.1 Å². The lowest BCUT2D eigenvalue weighted by Gasteiger charge is -2.09. The summed E-state index contributed by atoms with van der Waals surface area (Å²) in [6, 6.07) is 12.7. The molecule has 3 aromatic rings. The van der Waals surface area contributed by atoms with Crippen LogP contribution in [0.5, 0.6) is 5.75 Å². The van der Waals surface area contributed by atoms with Gasteiger partial charge in [0.1, 0.15) is 11.6 Å². The summed E-state index contributed by atoms with van der Waals surface area (Å²) in [6.45, 7) is 1.53. The number of hydrogen-bond donors (Lipinski definition) is 2. The molecule has 1 heterocycles. The van der Waals surface area contributed by atoms with E-state index in [4.69, 9.17) is 4.74 Å². The van der Waals surface area contributed by atoms with Crippen LogP contribution >= 0.6 is 0 Å². The zero-order chi connectivity index (χ0) is 21.9. The number of halogens is 1. The number of aryl methyl sites for hydroxylation is 1. The zero-order valence-electron chi connectivity index (χ0n) is 17.1. The number of unbranched alkanes of at least 4 members (excludes halogenated alkanes) is 1. The van der Waals surface area contributed by atoms with E-state index in [1.165, 1.54) is 12.1 Å². The highest BCUT2D eigenvalue weighted by Crippen LogP contribution is 2.12. The quantitative estimate of drug-likeness (QED) is 0.460. The van der Waals surface area contributed by atoms with Gasteiger partial charge in [0.15, 0.2) is 0 Å². The maximum Gasteiger partial charge on any atom is 0.251 e. The maximum absolute atomic E-state index is 12.8. The molecule has 162 valence electrons. The summed E-state index contributed by atoms with van der Waals surface area (Å²) in [5.74, 6) is -0.0103. The molecule has 2 amide bonds. The first-order valence-corrected chi connectivity index (χ1v) is 10.1. The first-order chi connectivity index (χ1) is 15.1. The lowest BCUT2D eigenvalue weighted by atomic mass is 10.2. The third-order valence-electron chi connectivity index (χ3n) is 4.50. The highest BCUT2D eigenvalue weighted by molar-refractivity contribution is 5.97. The van der Waals surface area contributed by atoms with E-state index in [1.807, 2.05) is 4.57 Å². The van der Waals surface area contributed by atoms with Crippen molar-refractivity contribution in [2.45, 2.75) is 25.8 Å². The molecule has 0 atom stereocenters. The fraction of sp³-hybridized carbons (Fsp3) is 0.261. The monoisotopic (exact) mass is 424 g/mol. The molecule has 7 nitrogen and oxygen atoms in total. The van der Waals surface area contributed by atoms with Crippen molar-refractivity contribution in [1.29, 1.82) is 0 Å². The van der Waals surface area contributed by atoms with Crippen LogP contribution in [-0.4, -0.2) is 34.5 Å². The van der Waals surface area contributed by atoms with Gasteiger partial charge in [0.2, 0.25) is 5.91 Å². The number of rotatable bonds is 11. The molecule has 31 heavy (non-hydrogen) atoms. The Labute approximate surface area is 180 Å². The predicted octanol–water partition coefficient (Wildman–Crippen LogP) is 3.64. The third-order valence-corrected chi connectivity index (χ3v) is 4.50. The van der Waals surface area contributed by atoms with Crippen molar-refractivity contribution >= 4 is 17.5 Å². The van der Waals surface area contributed by atoms with Crippen LogP contribution in [0.25, 0.3) is 0 Å². The molecule has 8 heteroatoms. The highest BCUT2D eigenvalue weighted by atomic mass is 19.1. The number of benzene rings is 2. The van der Waals surface area contributed by atoms with Gasteiger partial charge in [-0.1, -0.05) is 6.07 Å². The minimum absolute atomic E-state index is 0.132. The fourth-order valence-corrected chi connectivity index (χ4v) is 2.86. The van der Waals surface area contributed by atoms with Gasteiger partial charge in [-0.2, -0.15) is 0 Å². The molecule has 0 saturated carbocycles. The summed E-state index contributed by atoms with van der Waals surface area (Å²) in [5.41, 5.74) is 1.06. The van der Waals surface area contributed by atoms with Crippen molar-refractivity contribution in [3.63, 3.8) is 0 Å². The summed E-state index contributed by atoms with van der Waals surface area (Å²) < 4.78 is 20.2. The Morgan fingerprint density at radius 3 is 2.71 bits per heavy atom. The lowest BCUT2D eigenvalue weighted by molar-refractivity contribution is -0.116. The van der Waals surface area contributed by atoms with Crippen LogP contribution in [-0.2, 0) is 11.3 Å². The number of nitrogens with zero attached hydrogens (tertiary/aromatic N) is 2. The summed E-state index contributed by atoms with van der Waals surface area (Å²) in [7, 11) is 0. The molecule has 0 unspecified atom stereocenters. The molecule has 0 fully saturated rings. The third kappa shape index (κ3) is 7.58. The van der Waals surface area contributed by atoms with E-state index in [9.17, 15) is 14.0 Å². The van der Waals surface area contributed by atoms with Crippen LogP contribution in [0, 0.1) is 5.82 Å². The molecule has 3 rings (SSSR count). The van der Waals surface area contributed by atoms with E-state index in [0.717, 1.165) is 12.8 Å². The van der Waals surface area contributed by atoms with E-state index in [1.54, 1.807) is 55.1 Å². The van der Waals surface area contributed by atoms with Crippen LogP contribution < -0.4 is 15.4 Å². The van der Waals surface area contributed by atoms with Crippen LogP contribution in [0.1, 0.15) is 29.6 Å². The van der Waals surface area contributed by atoms with E-state index in [-0.39, 0.29) is 17.6 Å². The molecule has 2 aromatic carbocycles. The van der Waals surface area contributed by atoms with Gasteiger partial charge in [0.05, 0.1) is 12.9 Å². The second-order valence-corrected chi connectivity index (χ2v) is 6.94. The van der Waals surface area contributed by atoms with Crippen molar-refractivity contribution in [2.75, 3.05) is 18.5 Å². The summed E-state index contributed by atoms with van der Waals surface area (Å²) >= 11 is 0. The van der Waals surface area contributed by atoms with Gasteiger partial charge in [0, 0.05) is 43.2 Å². The fourth-order valence-electron chi connectivity index (χ4n) is 2.86. The van der Waals surface area contributed by atoms with Gasteiger partial charge in [-0.25, -0.2) is 9.37 Å². The van der Waals surface area contributed by atoms with Crippen LogP contribution in [0.15, 0.2) is 67.3 Å². The molecule has 2 N–H and O–H groups in total. The number of anilines is 1. The van der Waals surface area contributed by atoms with E-state index in [2.05, 4.69) is 15.6 Å². The van der Waals surface area contributed by atoms with Gasteiger partial charge in [-0.3, -0.25) is 9.59 Å². The molecule has 0 radical (unpaired) electrons. The normalized spacial score (nSPS) is 10.5. The largest absolute Gasteiger partial charge is 0.494 e. The molecule has 1 aromatic heterocycles. The Morgan fingerprint density at radius 1 is 1.10 bits per heavy atom. The van der Waals surface area contributed by atoms with Gasteiger partial charge < -0.3 is 19.9 Å². The SMILES string of the molecule is O=C(CCn1ccnc1)Nc1cccc(C(=O)NCCCCOc2ccc(F)cc2)c1. The second kappa shape index (κ2) is 11.5. The first kappa shape index (κ1) is 22.0. The van der Waals surface area contributed by atoms with Crippen LogP contribution in [0.2, 0.25) is 0 Å². The van der Waals surface area contributed by atoms with Crippen molar-refractivity contribution in [3.8, 4) is 5.75 Å². The number of ether oxygens (including phenoxy) is 1. The molecule has 0 bridgehead atoms. The van der Waals surface area contributed by atoms with Gasteiger partial charge in [0.25, 0.3) is 5.91 Å². The van der Waals surface area contributed by atoms with Crippen molar-refractivity contribution < 1.29 is 18.7 Å². The van der Waals surface area contributed by atoms with Crippen molar-refractivity contribution in [2.24, 2.45) is 0 Å². The molecule has 0 saturated heterocycles. The summed E-state index contributed by atoms with van der Waals surface area (Å²) in [4.78, 5) is 28.4. The zero-order valence-corrected chi connectivity index (χ0v) is 17.1. The Hall–Kier alpha value is -3.68. The molecule has 0 aliphatic carbocycles. The number of hydrogen-bond acceptors (Lipinski definition) is 4. The number of carbonyl (C=O) groups is 2. The average Bonchev–Trinajstić information content (AvgIpc) is 3.30. The van der Waals surface area contributed by atoms with Gasteiger partial charge >= 0.3 is 0 Å². The van der Waals surface area contributed by atoms with Gasteiger partial charge in [-0.05, 0) is 55.3 Å². The molecule has 0 aliphatic heterocycles. The molecular weight excluding hydrogens is 399 g/mol. The Morgan fingerprint density at radius 2 is 1.94 bits per heavy atom. The summed E-state index contributed by atoms with van der Waals surface area (Å²) in [6.07, 6.45) is 6.94. The molecular formula is C23H25FN4O3. The predicted molar refractivity (Wildman–Crippen MR) is 115 cm³/mol. The van der Waals surface area contributed by atoms with Crippen molar-refractivity contribution in [3.05, 3.63) is 78.6 Å². The minimum Gasteiger partial charge on any atom is -0.494 e. The Balaban J connectivity index is 1.35. The van der Waals surface area contributed by atoms with Crippen LogP contribution in [0.3, 0.4) is 0 Å². The Bertz CT molecular complexity index is 975. The number of nitrogens with one attached hydrogen (secondary N) is 2. The topological polar surface area (TPSA) is 85.2 Å². The lowest BCUT2D eigenvalue weighted by Crippen LogP contribution is -2.25. The minimum atomic E-state index is -0.298. The maximum atomic E-state index is 12.8. The first-order valence-electron chi connectivity index (χ1n) is 10.1. The van der Waals surface area contributed by atoms with E-state index >= 15 is 0 Å². The smallest absolute Gasteiger partial charge is 0.251 e. The average molecular weight is 424 g/mol. The number of imidazole rings is 1. The number of aromatic nitrogens is 2. The van der Waals surface area contributed by atoms with Gasteiger partial charge in [-0.15, -0.1) is 0 Å².